The molecule has 0 bridgehead atoms. The van der Waals surface area contributed by atoms with Crippen molar-refractivity contribution in [2.75, 3.05) is 0 Å². The Morgan fingerprint density at radius 1 is 1.00 bits per heavy atom. The average molecular weight is 266 g/mol. The van der Waals surface area contributed by atoms with Crippen molar-refractivity contribution in [1.82, 2.24) is 10.6 Å². The summed E-state index contributed by atoms with van der Waals surface area (Å²) in [5.41, 5.74) is 0. The Kier molecular flexibility index (Phi) is 3.80. The molecule has 6 heteroatoms. The van der Waals surface area contributed by atoms with E-state index >= 15 is 0 Å². The predicted molar refractivity (Wildman–Crippen MR) is 63.7 cm³/mol. The second kappa shape index (κ2) is 5.00. The Labute approximate surface area is 104 Å². The molecule has 2 nitrogen and oxygen atoms in total. The van der Waals surface area contributed by atoms with E-state index in [-0.39, 0.29) is 6.42 Å². The monoisotopic (exact) mass is 266 g/mol. The van der Waals surface area contributed by atoms with Crippen LogP contribution in [0.3, 0.4) is 0 Å². The zero-order chi connectivity index (χ0) is 12.5. The maximum atomic E-state index is 12.8. The van der Waals surface area contributed by atoms with Gasteiger partial charge in [0.15, 0.2) is 5.11 Å². The number of alkyl halides is 3. The van der Waals surface area contributed by atoms with E-state index in [9.17, 15) is 13.2 Å². The zero-order valence-electron chi connectivity index (χ0n) is 9.52. The normalized spacial score (nSPS) is 29.8. The predicted octanol–water partition coefficient (Wildman–Crippen LogP) is 2.73. The van der Waals surface area contributed by atoms with Crippen molar-refractivity contribution in [1.29, 1.82) is 0 Å². The van der Waals surface area contributed by atoms with Crippen molar-refractivity contribution in [3.63, 3.8) is 0 Å². The van der Waals surface area contributed by atoms with Gasteiger partial charge in [-0.05, 0) is 37.9 Å². The molecule has 2 atom stereocenters. The molecule has 0 amide bonds. The van der Waals surface area contributed by atoms with Gasteiger partial charge in [-0.2, -0.15) is 13.2 Å². The summed E-state index contributed by atoms with van der Waals surface area (Å²) >= 11 is 5.04. The lowest BCUT2D eigenvalue weighted by Gasteiger charge is -2.34. The van der Waals surface area contributed by atoms with E-state index in [1.807, 2.05) is 0 Å². The molecule has 2 fully saturated rings. The summed E-state index contributed by atoms with van der Waals surface area (Å²) in [6.07, 6.45) is 0.281. The summed E-state index contributed by atoms with van der Waals surface area (Å²) < 4.78 is 38.4. The van der Waals surface area contributed by atoms with Gasteiger partial charge in [-0.3, -0.25) is 0 Å². The summed E-state index contributed by atoms with van der Waals surface area (Å²) in [6, 6.07) is -0.176. The molecule has 2 aliphatic rings. The van der Waals surface area contributed by atoms with Crippen LogP contribution in [0.2, 0.25) is 0 Å². The van der Waals surface area contributed by atoms with Crippen LogP contribution >= 0.6 is 12.2 Å². The number of hydrogen-bond acceptors (Lipinski definition) is 1. The first kappa shape index (κ1) is 12.9. The van der Waals surface area contributed by atoms with Crippen molar-refractivity contribution in [2.24, 2.45) is 5.92 Å². The standard InChI is InChI=1S/C11H17F3N2S/c12-11(13,14)8-3-1-2-4-9(8)16-10(17)15-7-5-6-7/h7-9H,1-6H2,(H2,15,16,17)/t8-,9+/m0/s1. The minimum absolute atomic E-state index is 0.215. The minimum Gasteiger partial charge on any atom is -0.360 e. The smallest absolute Gasteiger partial charge is 0.360 e. The maximum absolute atomic E-state index is 12.8. The van der Waals surface area contributed by atoms with E-state index < -0.39 is 18.1 Å². The van der Waals surface area contributed by atoms with Crippen LogP contribution in [0.15, 0.2) is 0 Å². The fraction of sp³-hybridized carbons (Fsp3) is 0.909. The number of nitrogens with one attached hydrogen (secondary N) is 2. The average Bonchev–Trinajstić information content (AvgIpc) is 3.00. The number of halogens is 3. The number of hydrogen-bond donors (Lipinski definition) is 2. The van der Waals surface area contributed by atoms with E-state index in [4.69, 9.17) is 12.2 Å². The largest absolute Gasteiger partial charge is 0.393 e. The molecule has 2 saturated carbocycles. The van der Waals surface area contributed by atoms with Crippen LogP contribution in [0.1, 0.15) is 38.5 Å². The van der Waals surface area contributed by atoms with E-state index in [1.165, 1.54) is 0 Å². The molecule has 2 aliphatic carbocycles. The van der Waals surface area contributed by atoms with Crippen LogP contribution in [0.4, 0.5) is 13.2 Å². The molecule has 0 aromatic carbocycles. The molecule has 2 rings (SSSR count). The zero-order valence-corrected chi connectivity index (χ0v) is 10.3. The summed E-state index contributed by atoms with van der Waals surface area (Å²) in [5, 5.41) is 6.26. The summed E-state index contributed by atoms with van der Waals surface area (Å²) in [6.45, 7) is 0. The van der Waals surface area contributed by atoms with Crippen LogP contribution in [-0.4, -0.2) is 23.4 Å². The molecule has 0 spiro atoms. The molecule has 0 unspecified atom stereocenters. The van der Waals surface area contributed by atoms with E-state index in [1.54, 1.807) is 0 Å². The van der Waals surface area contributed by atoms with Crippen molar-refractivity contribution in [2.45, 2.75) is 56.8 Å². The third-order valence-electron chi connectivity index (χ3n) is 3.42. The molecule has 98 valence electrons. The van der Waals surface area contributed by atoms with Gasteiger partial charge < -0.3 is 10.6 Å². The van der Waals surface area contributed by atoms with Gasteiger partial charge in [-0.25, -0.2) is 0 Å². The lowest BCUT2D eigenvalue weighted by Crippen LogP contribution is -2.50. The molecule has 0 aliphatic heterocycles. The van der Waals surface area contributed by atoms with Crippen LogP contribution < -0.4 is 10.6 Å². The van der Waals surface area contributed by atoms with Gasteiger partial charge >= 0.3 is 6.18 Å². The van der Waals surface area contributed by atoms with E-state index in [2.05, 4.69) is 10.6 Å². The molecule has 0 heterocycles. The molecule has 0 aromatic heterocycles. The third kappa shape index (κ3) is 3.72. The molecular formula is C11H17F3N2S. The fourth-order valence-electron chi connectivity index (χ4n) is 2.32. The summed E-state index contributed by atoms with van der Waals surface area (Å²) in [7, 11) is 0. The SMILES string of the molecule is FC(F)(F)[C@H]1CCCC[C@H]1NC(=S)NC1CC1. The van der Waals surface area contributed by atoms with Gasteiger partial charge in [0, 0.05) is 12.1 Å². The molecule has 0 radical (unpaired) electrons. The van der Waals surface area contributed by atoms with Crippen LogP contribution in [-0.2, 0) is 0 Å². The lowest BCUT2D eigenvalue weighted by molar-refractivity contribution is -0.187. The van der Waals surface area contributed by atoms with Crippen molar-refractivity contribution < 1.29 is 13.2 Å². The highest BCUT2D eigenvalue weighted by Gasteiger charge is 2.45. The Morgan fingerprint density at radius 3 is 2.24 bits per heavy atom. The van der Waals surface area contributed by atoms with Crippen LogP contribution in [0.25, 0.3) is 0 Å². The van der Waals surface area contributed by atoms with Crippen molar-refractivity contribution in [3.05, 3.63) is 0 Å². The second-order valence-corrected chi connectivity index (χ2v) is 5.34. The van der Waals surface area contributed by atoms with Crippen molar-refractivity contribution in [3.8, 4) is 0 Å². The molecule has 17 heavy (non-hydrogen) atoms. The number of rotatable bonds is 2. The highest BCUT2D eigenvalue weighted by atomic mass is 32.1. The van der Waals surface area contributed by atoms with Gasteiger partial charge in [0.25, 0.3) is 0 Å². The fourth-order valence-corrected chi connectivity index (χ4v) is 2.64. The number of thiocarbonyl (C=S) groups is 1. The Bertz CT molecular complexity index is 289. The van der Waals surface area contributed by atoms with Gasteiger partial charge in [-0.1, -0.05) is 12.8 Å². The molecule has 0 aromatic rings. The Hall–Kier alpha value is -0.520. The van der Waals surface area contributed by atoms with Crippen molar-refractivity contribution >= 4 is 17.3 Å². The summed E-state index contributed by atoms with van der Waals surface area (Å²) in [4.78, 5) is 0. The first-order valence-corrected chi connectivity index (χ1v) is 6.51. The van der Waals surface area contributed by atoms with Gasteiger partial charge in [0.2, 0.25) is 0 Å². The quantitative estimate of drug-likeness (QED) is 0.752. The molecular weight excluding hydrogens is 249 g/mol. The molecule has 2 N–H and O–H groups in total. The van der Waals surface area contributed by atoms with E-state index in [0.717, 1.165) is 19.3 Å². The topological polar surface area (TPSA) is 24.1 Å². The van der Waals surface area contributed by atoms with Crippen LogP contribution in [0.5, 0.6) is 0 Å². The minimum atomic E-state index is -4.12. The first-order chi connectivity index (χ1) is 7.97. The lowest BCUT2D eigenvalue weighted by atomic mass is 9.84. The highest BCUT2D eigenvalue weighted by Crippen LogP contribution is 2.37. The first-order valence-electron chi connectivity index (χ1n) is 6.10. The van der Waals surface area contributed by atoms with Crippen LogP contribution in [0, 0.1) is 5.92 Å². The Balaban J connectivity index is 1.88. The second-order valence-electron chi connectivity index (χ2n) is 4.93. The van der Waals surface area contributed by atoms with Gasteiger partial charge in [-0.15, -0.1) is 0 Å². The summed E-state index contributed by atoms with van der Waals surface area (Å²) in [5.74, 6) is -1.25. The van der Waals surface area contributed by atoms with Gasteiger partial charge in [0.05, 0.1) is 5.92 Å². The highest BCUT2D eigenvalue weighted by molar-refractivity contribution is 7.80. The van der Waals surface area contributed by atoms with Gasteiger partial charge in [0.1, 0.15) is 0 Å². The third-order valence-corrected chi connectivity index (χ3v) is 3.65. The Morgan fingerprint density at radius 2 is 1.65 bits per heavy atom. The maximum Gasteiger partial charge on any atom is 0.393 e. The van der Waals surface area contributed by atoms with E-state index in [0.29, 0.717) is 24.0 Å². The molecule has 0 saturated heterocycles.